The summed E-state index contributed by atoms with van der Waals surface area (Å²) in [5.41, 5.74) is 6.96. The van der Waals surface area contributed by atoms with Crippen LogP contribution in [0.5, 0.6) is 0 Å². The van der Waals surface area contributed by atoms with Gasteiger partial charge in [-0.3, -0.25) is 4.79 Å². The largest absolute Gasteiger partial charge is 0.382 e. The van der Waals surface area contributed by atoms with Crippen LogP contribution in [0.3, 0.4) is 0 Å². The van der Waals surface area contributed by atoms with E-state index < -0.39 is 0 Å². The summed E-state index contributed by atoms with van der Waals surface area (Å²) < 4.78 is 0. The molecule has 0 bridgehead atoms. The van der Waals surface area contributed by atoms with Gasteiger partial charge in [-0.25, -0.2) is 4.98 Å². The number of ketones is 1. The molecule has 2 N–H and O–H groups in total. The minimum Gasteiger partial charge on any atom is -0.382 e. The Bertz CT molecular complexity index is 463. The van der Waals surface area contributed by atoms with E-state index in [0.29, 0.717) is 10.7 Å². The maximum Gasteiger partial charge on any atom is 0.213 e. The number of thioether (sulfide) groups is 1. The number of aromatic nitrogens is 1. The van der Waals surface area contributed by atoms with Crippen molar-refractivity contribution in [3.63, 3.8) is 0 Å². The Kier molecular flexibility index (Phi) is 3.35. The fourth-order valence-electron chi connectivity index (χ4n) is 1.60. The number of nitrogen functional groups attached to an aromatic ring is 1. The van der Waals surface area contributed by atoms with Crippen molar-refractivity contribution in [2.75, 3.05) is 11.5 Å². The van der Waals surface area contributed by atoms with Crippen LogP contribution in [0, 0.1) is 0 Å². The third-order valence-corrected chi connectivity index (χ3v) is 4.97. The number of thiazole rings is 1. The third kappa shape index (κ3) is 2.01. The van der Waals surface area contributed by atoms with Crippen molar-refractivity contribution in [1.82, 2.24) is 4.98 Å². The van der Waals surface area contributed by atoms with Gasteiger partial charge in [-0.2, -0.15) is 0 Å². The number of carbonyl (C=O) groups is 1. The van der Waals surface area contributed by atoms with Crippen LogP contribution in [-0.2, 0) is 6.42 Å². The predicted molar refractivity (Wildman–Crippen MR) is 70.0 cm³/mol. The van der Waals surface area contributed by atoms with E-state index in [1.807, 2.05) is 13.8 Å². The standard InChI is InChI=1S/C11H14N2OS2/c1-3-7-13-11(12)10(16-7)8(14)9-6(2)4-5-15-9/h3-5,12H2,1-2H3. The molecule has 0 unspecified atom stereocenters. The number of allylic oxidation sites excluding steroid dienone is 2. The Hall–Kier alpha value is -0.810. The molecule has 0 aliphatic carbocycles. The first kappa shape index (κ1) is 11.7. The Labute approximate surface area is 103 Å². The topological polar surface area (TPSA) is 56.0 Å². The molecule has 1 aromatic rings. The average molecular weight is 254 g/mol. The number of carbonyl (C=O) groups excluding carboxylic acids is 1. The Morgan fingerprint density at radius 3 is 2.81 bits per heavy atom. The van der Waals surface area contributed by atoms with E-state index in [2.05, 4.69) is 4.98 Å². The number of hydrogen-bond donors (Lipinski definition) is 1. The predicted octanol–water partition coefficient (Wildman–Crippen LogP) is 2.88. The number of aryl methyl sites for hydroxylation is 1. The zero-order valence-corrected chi connectivity index (χ0v) is 11.0. The van der Waals surface area contributed by atoms with Gasteiger partial charge in [0.25, 0.3) is 0 Å². The molecule has 86 valence electrons. The van der Waals surface area contributed by atoms with Crippen molar-refractivity contribution in [2.24, 2.45) is 0 Å². The first-order valence-corrected chi connectivity index (χ1v) is 7.06. The quantitative estimate of drug-likeness (QED) is 0.843. The molecule has 16 heavy (non-hydrogen) atoms. The van der Waals surface area contributed by atoms with Gasteiger partial charge in [-0.05, 0) is 19.8 Å². The Balaban J connectivity index is 2.34. The minimum atomic E-state index is 0.0645. The van der Waals surface area contributed by atoms with Crippen molar-refractivity contribution < 1.29 is 4.79 Å². The molecule has 5 heteroatoms. The fraction of sp³-hybridized carbons (Fsp3) is 0.455. The van der Waals surface area contributed by atoms with Crippen LogP contribution in [0.2, 0.25) is 0 Å². The molecule has 1 aliphatic rings. The average Bonchev–Trinajstić information content (AvgIpc) is 2.83. The monoisotopic (exact) mass is 254 g/mol. The zero-order valence-electron chi connectivity index (χ0n) is 9.37. The molecule has 0 atom stereocenters. The Morgan fingerprint density at radius 2 is 2.31 bits per heavy atom. The molecule has 0 amide bonds. The van der Waals surface area contributed by atoms with Crippen molar-refractivity contribution in [2.45, 2.75) is 26.7 Å². The summed E-state index contributed by atoms with van der Waals surface area (Å²) in [7, 11) is 0. The molecule has 1 aliphatic heterocycles. The second-order valence-corrected chi connectivity index (χ2v) is 5.90. The summed E-state index contributed by atoms with van der Waals surface area (Å²) in [4.78, 5) is 17.9. The van der Waals surface area contributed by atoms with Gasteiger partial charge in [-0.15, -0.1) is 23.1 Å². The molecule has 0 fully saturated rings. The SMILES string of the molecule is CCc1nc(N)c(C(=O)C2=C(C)CCS2)s1. The first-order chi connectivity index (χ1) is 7.63. The highest BCUT2D eigenvalue weighted by Crippen LogP contribution is 2.36. The zero-order chi connectivity index (χ0) is 11.7. The molecule has 0 spiro atoms. The third-order valence-electron chi connectivity index (χ3n) is 2.52. The lowest BCUT2D eigenvalue weighted by molar-refractivity contribution is 0.104. The van der Waals surface area contributed by atoms with E-state index >= 15 is 0 Å². The number of Topliss-reactive ketones (excluding diaryl/α,β-unsaturated/α-hetero) is 1. The number of anilines is 1. The molecular formula is C11H14N2OS2. The highest BCUT2D eigenvalue weighted by atomic mass is 32.2. The number of nitrogens with two attached hydrogens (primary N) is 1. The minimum absolute atomic E-state index is 0.0645. The second-order valence-electron chi connectivity index (χ2n) is 3.71. The van der Waals surface area contributed by atoms with Crippen molar-refractivity contribution >= 4 is 34.7 Å². The van der Waals surface area contributed by atoms with Crippen LogP contribution >= 0.6 is 23.1 Å². The number of hydrogen-bond acceptors (Lipinski definition) is 5. The maximum atomic E-state index is 12.2. The normalized spacial score (nSPS) is 15.9. The lowest BCUT2D eigenvalue weighted by atomic mass is 10.2. The highest BCUT2D eigenvalue weighted by molar-refractivity contribution is 8.04. The Morgan fingerprint density at radius 1 is 1.56 bits per heavy atom. The molecule has 2 heterocycles. The lowest BCUT2D eigenvalue weighted by Gasteiger charge is -1.99. The molecule has 2 rings (SSSR count). The summed E-state index contributed by atoms with van der Waals surface area (Å²) in [6.07, 6.45) is 1.83. The smallest absolute Gasteiger partial charge is 0.213 e. The van der Waals surface area contributed by atoms with Crippen molar-refractivity contribution in [3.8, 4) is 0 Å². The van der Waals surface area contributed by atoms with E-state index in [0.717, 1.165) is 28.5 Å². The van der Waals surface area contributed by atoms with Gasteiger partial charge >= 0.3 is 0 Å². The van der Waals surface area contributed by atoms with Crippen LogP contribution < -0.4 is 5.73 Å². The maximum absolute atomic E-state index is 12.2. The van der Waals surface area contributed by atoms with E-state index in [4.69, 9.17) is 5.73 Å². The molecule has 0 saturated carbocycles. The molecule has 0 saturated heterocycles. The first-order valence-electron chi connectivity index (χ1n) is 5.26. The van der Waals surface area contributed by atoms with Crippen LogP contribution in [0.25, 0.3) is 0 Å². The number of rotatable bonds is 3. The van der Waals surface area contributed by atoms with Gasteiger partial charge in [0, 0.05) is 5.75 Å². The van der Waals surface area contributed by atoms with Gasteiger partial charge < -0.3 is 5.73 Å². The van der Waals surface area contributed by atoms with Crippen LogP contribution in [0.15, 0.2) is 10.5 Å². The van der Waals surface area contributed by atoms with Gasteiger partial charge in [0.15, 0.2) is 0 Å². The van der Waals surface area contributed by atoms with E-state index in [1.54, 1.807) is 11.8 Å². The molecule has 0 radical (unpaired) electrons. The van der Waals surface area contributed by atoms with Crippen LogP contribution in [-0.4, -0.2) is 16.5 Å². The fourth-order valence-corrected chi connectivity index (χ4v) is 3.72. The summed E-state index contributed by atoms with van der Waals surface area (Å²) >= 11 is 3.06. The summed E-state index contributed by atoms with van der Waals surface area (Å²) in [6, 6.07) is 0. The van der Waals surface area contributed by atoms with Crippen LogP contribution in [0.1, 0.15) is 34.9 Å². The van der Waals surface area contributed by atoms with E-state index in [1.165, 1.54) is 16.9 Å². The van der Waals surface area contributed by atoms with Gasteiger partial charge in [0.2, 0.25) is 5.78 Å². The number of nitrogens with zero attached hydrogens (tertiary/aromatic N) is 1. The highest BCUT2D eigenvalue weighted by Gasteiger charge is 2.24. The van der Waals surface area contributed by atoms with Crippen LogP contribution in [0.4, 0.5) is 5.82 Å². The second kappa shape index (κ2) is 4.59. The van der Waals surface area contributed by atoms with Crippen molar-refractivity contribution in [3.05, 3.63) is 20.4 Å². The lowest BCUT2D eigenvalue weighted by Crippen LogP contribution is -2.02. The summed E-state index contributed by atoms with van der Waals surface area (Å²) in [5.74, 6) is 1.46. The van der Waals surface area contributed by atoms with Gasteiger partial charge in [0.1, 0.15) is 10.7 Å². The molecule has 1 aromatic heterocycles. The van der Waals surface area contributed by atoms with Gasteiger partial charge in [0.05, 0.1) is 9.91 Å². The molecular weight excluding hydrogens is 240 g/mol. The molecule has 3 nitrogen and oxygen atoms in total. The van der Waals surface area contributed by atoms with Crippen molar-refractivity contribution in [1.29, 1.82) is 0 Å². The van der Waals surface area contributed by atoms with E-state index in [9.17, 15) is 4.79 Å². The van der Waals surface area contributed by atoms with E-state index in [-0.39, 0.29) is 5.78 Å². The van der Waals surface area contributed by atoms with Gasteiger partial charge in [-0.1, -0.05) is 12.5 Å². The molecule has 0 aromatic carbocycles. The summed E-state index contributed by atoms with van der Waals surface area (Å²) in [6.45, 7) is 4.03. The summed E-state index contributed by atoms with van der Waals surface area (Å²) in [5, 5.41) is 0.933.